The molecule has 0 amide bonds. The zero-order valence-corrected chi connectivity index (χ0v) is 13.5. The van der Waals surface area contributed by atoms with Crippen LogP contribution >= 0.6 is 34.8 Å². The summed E-state index contributed by atoms with van der Waals surface area (Å²) >= 11 is 18.3. The summed E-state index contributed by atoms with van der Waals surface area (Å²) in [6, 6.07) is 7.68. The molecule has 0 aliphatic carbocycles. The van der Waals surface area contributed by atoms with Gasteiger partial charge in [-0.3, -0.25) is 4.57 Å². The molecule has 2 aromatic heterocycles. The molecule has 0 unspecified atom stereocenters. The third kappa shape index (κ3) is 2.73. The van der Waals surface area contributed by atoms with Gasteiger partial charge in [-0.05, 0) is 30.7 Å². The number of pyridine rings is 1. The van der Waals surface area contributed by atoms with Crippen molar-refractivity contribution >= 4 is 46.0 Å². The van der Waals surface area contributed by atoms with Crippen molar-refractivity contribution in [2.24, 2.45) is 0 Å². The maximum Gasteiger partial charge on any atom is 0.164 e. The van der Waals surface area contributed by atoms with E-state index in [0.717, 1.165) is 28.2 Å². The SMILES string of the molecule is Cc1ccc(-n2c(CCCl)nc3cc(Cl)cnc32)c(Cl)c1. The predicted octanol–water partition coefficient (Wildman–Crippen LogP) is 4.82. The number of benzene rings is 1. The summed E-state index contributed by atoms with van der Waals surface area (Å²) < 4.78 is 1.94. The van der Waals surface area contributed by atoms with Crippen molar-refractivity contribution < 1.29 is 0 Å². The van der Waals surface area contributed by atoms with Gasteiger partial charge in [-0.15, -0.1) is 11.6 Å². The van der Waals surface area contributed by atoms with Crippen LogP contribution in [-0.2, 0) is 6.42 Å². The molecule has 0 atom stereocenters. The number of halogens is 3. The van der Waals surface area contributed by atoms with Crippen molar-refractivity contribution in [2.45, 2.75) is 13.3 Å². The van der Waals surface area contributed by atoms with Gasteiger partial charge >= 0.3 is 0 Å². The highest BCUT2D eigenvalue weighted by Crippen LogP contribution is 2.28. The lowest BCUT2D eigenvalue weighted by atomic mass is 10.2. The Morgan fingerprint density at radius 1 is 1.19 bits per heavy atom. The van der Waals surface area contributed by atoms with E-state index in [-0.39, 0.29) is 0 Å². The predicted molar refractivity (Wildman–Crippen MR) is 88.0 cm³/mol. The molecule has 21 heavy (non-hydrogen) atoms. The van der Waals surface area contributed by atoms with Crippen LogP contribution in [0, 0.1) is 6.92 Å². The first-order valence-electron chi connectivity index (χ1n) is 6.45. The monoisotopic (exact) mass is 339 g/mol. The van der Waals surface area contributed by atoms with Crippen molar-refractivity contribution in [1.82, 2.24) is 14.5 Å². The van der Waals surface area contributed by atoms with E-state index in [1.165, 1.54) is 0 Å². The number of aryl methyl sites for hydroxylation is 2. The van der Waals surface area contributed by atoms with Crippen molar-refractivity contribution in [3.63, 3.8) is 0 Å². The van der Waals surface area contributed by atoms with Crippen LogP contribution in [0.2, 0.25) is 10.0 Å². The molecule has 108 valence electrons. The number of hydrogen-bond donors (Lipinski definition) is 0. The van der Waals surface area contributed by atoms with Crippen LogP contribution in [0.5, 0.6) is 0 Å². The molecule has 2 heterocycles. The quantitative estimate of drug-likeness (QED) is 0.640. The fourth-order valence-electron chi connectivity index (χ4n) is 2.29. The summed E-state index contributed by atoms with van der Waals surface area (Å²) in [6.07, 6.45) is 2.23. The second kappa shape index (κ2) is 5.84. The lowest BCUT2D eigenvalue weighted by molar-refractivity contribution is 0.905. The normalized spacial score (nSPS) is 11.2. The molecule has 0 aliphatic heterocycles. The minimum absolute atomic E-state index is 0.473. The average Bonchev–Trinajstić information content (AvgIpc) is 2.76. The van der Waals surface area contributed by atoms with Gasteiger partial charge in [0, 0.05) is 18.5 Å². The molecule has 0 spiro atoms. The number of nitrogens with zero attached hydrogens (tertiary/aromatic N) is 3. The fraction of sp³-hybridized carbons (Fsp3) is 0.200. The maximum absolute atomic E-state index is 6.39. The van der Waals surface area contributed by atoms with Crippen LogP contribution in [0.1, 0.15) is 11.4 Å². The Morgan fingerprint density at radius 3 is 2.71 bits per heavy atom. The lowest BCUT2D eigenvalue weighted by Gasteiger charge is -2.10. The summed E-state index contributed by atoms with van der Waals surface area (Å²) in [4.78, 5) is 8.97. The topological polar surface area (TPSA) is 30.7 Å². The zero-order chi connectivity index (χ0) is 15.0. The van der Waals surface area contributed by atoms with Gasteiger partial charge in [-0.25, -0.2) is 9.97 Å². The molecule has 0 aliphatic rings. The van der Waals surface area contributed by atoms with E-state index in [1.54, 1.807) is 12.3 Å². The van der Waals surface area contributed by atoms with Crippen LogP contribution in [0.4, 0.5) is 0 Å². The van der Waals surface area contributed by atoms with E-state index < -0.39 is 0 Å². The number of hydrogen-bond acceptors (Lipinski definition) is 2. The fourth-order valence-corrected chi connectivity index (χ4v) is 2.93. The van der Waals surface area contributed by atoms with Crippen molar-refractivity contribution in [2.75, 3.05) is 5.88 Å². The van der Waals surface area contributed by atoms with Gasteiger partial charge in [0.05, 0.1) is 15.7 Å². The Bertz CT molecular complexity index is 811. The van der Waals surface area contributed by atoms with E-state index >= 15 is 0 Å². The third-order valence-corrected chi connectivity index (χ3v) is 3.89. The Labute approximate surface area is 137 Å². The highest BCUT2D eigenvalue weighted by atomic mass is 35.5. The minimum Gasteiger partial charge on any atom is -0.279 e. The van der Waals surface area contributed by atoms with Gasteiger partial charge in [-0.2, -0.15) is 0 Å². The van der Waals surface area contributed by atoms with Crippen molar-refractivity contribution in [1.29, 1.82) is 0 Å². The molecule has 0 saturated heterocycles. The van der Waals surface area contributed by atoms with Crippen LogP contribution in [0.3, 0.4) is 0 Å². The van der Waals surface area contributed by atoms with Gasteiger partial charge in [0.2, 0.25) is 0 Å². The maximum atomic E-state index is 6.39. The van der Waals surface area contributed by atoms with Crippen molar-refractivity contribution in [3.8, 4) is 5.69 Å². The van der Waals surface area contributed by atoms with Gasteiger partial charge in [0.25, 0.3) is 0 Å². The van der Waals surface area contributed by atoms with Gasteiger partial charge in [-0.1, -0.05) is 29.3 Å². The number of alkyl halides is 1. The largest absolute Gasteiger partial charge is 0.279 e. The number of imidazole rings is 1. The second-order valence-electron chi connectivity index (χ2n) is 4.75. The highest BCUT2D eigenvalue weighted by molar-refractivity contribution is 6.32. The third-order valence-electron chi connectivity index (χ3n) is 3.20. The Kier molecular flexibility index (Phi) is 4.07. The number of rotatable bonds is 3. The van der Waals surface area contributed by atoms with Gasteiger partial charge in [0.15, 0.2) is 5.65 Å². The first kappa shape index (κ1) is 14.6. The van der Waals surface area contributed by atoms with E-state index in [9.17, 15) is 0 Å². The standard InChI is InChI=1S/C15H12Cl3N3/c1-9-2-3-13(11(18)6-9)21-14(4-5-16)20-12-7-10(17)8-19-15(12)21/h2-3,6-8H,4-5H2,1H3. The Balaban J connectivity index is 2.30. The average molecular weight is 341 g/mol. The summed E-state index contributed by atoms with van der Waals surface area (Å²) in [5, 5.41) is 1.21. The number of fused-ring (bicyclic) bond motifs is 1. The molecular formula is C15H12Cl3N3. The first-order chi connectivity index (χ1) is 10.1. The van der Waals surface area contributed by atoms with Crippen molar-refractivity contribution in [3.05, 3.63) is 51.9 Å². The number of aromatic nitrogens is 3. The molecule has 1 aromatic carbocycles. The zero-order valence-electron chi connectivity index (χ0n) is 11.3. The second-order valence-corrected chi connectivity index (χ2v) is 5.98. The molecule has 0 fully saturated rings. The molecule has 3 rings (SSSR count). The van der Waals surface area contributed by atoms with Crippen LogP contribution in [0.25, 0.3) is 16.9 Å². The summed E-state index contributed by atoms with van der Waals surface area (Å²) in [5.74, 6) is 1.29. The van der Waals surface area contributed by atoms with Crippen LogP contribution in [-0.4, -0.2) is 20.4 Å². The molecule has 6 heteroatoms. The van der Waals surface area contributed by atoms with Crippen LogP contribution in [0.15, 0.2) is 30.5 Å². The Morgan fingerprint density at radius 2 is 2.00 bits per heavy atom. The summed E-state index contributed by atoms with van der Waals surface area (Å²) in [5.41, 5.74) is 3.41. The van der Waals surface area contributed by atoms with E-state index in [4.69, 9.17) is 34.8 Å². The first-order valence-corrected chi connectivity index (χ1v) is 7.74. The molecule has 0 radical (unpaired) electrons. The molecule has 0 bridgehead atoms. The van der Waals surface area contributed by atoms with Crippen LogP contribution < -0.4 is 0 Å². The highest BCUT2D eigenvalue weighted by Gasteiger charge is 2.15. The van der Waals surface area contributed by atoms with E-state index in [0.29, 0.717) is 22.3 Å². The smallest absolute Gasteiger partial charge is 0.164 e. The summed E-state index contributed by atoms with van der Waals surface area (Å²) in [7, 11) is 0. The summed E-state index contributed by atoms with van der Waals surface area (Å²) in [6.45, 7) is 2.00. The van der Waals surface area contributed by atoms with E-state index in [2.05, 4.69) is 9.97 Å². The minimum atomic E-state index is 0.473. The van der Waals surface area contributed by atoms with Gasteiger partial charge in [0.1, 0.15) is 11.3 Å². The molecule has 3 nitrogen and oxygen atoms in total. The molecule has 3 aromatic rings. The molecule has 0 saturated carbocycles. The Hall–Kier alpha value is -1.29. The molecule has 0 N–H and O–H groups in total. The molecular weight excluding hydrogens is 329 g/mol. The van der Waals surface area contributed by atoms with E-state index in [1.807, 2.05) is 29.7 Å². The lowest BCUT2D eigenvalue weighted by Crippen LogP contribution is -2.03. The van der Waals surface area contributed by atoms with Gasteiger partial charge < -0.3 is 0 Å².